The van der Waals surface area contributed by atoms with Crippen molar-refractivity contribution in [2.45, 2.75) is 12.8 Å². The fraction of sp³-hybridized carbons (Fsp3) is 0.286. The second kappa shape index (κ2) is 2.43. The van der Waals surface area contributed by atoms with Gasteiger partial charge in [-0.3, -0.25) is 4.79 Å². The van der Waals surface area contributed by atoms with E-state index in [1.807, 2.05) is 0 Å². The SMILES string of the molecule is NS(=O)(=O)n1cc2c(c1)C(=O)CC2. The number of fused-ring (bicyclic) bond motifs is 1. The average Bonchev–Trinajstić information content (AvgIpc) is 2.51. The second-order valence-corrected chi connectivity index (χ2v) is 4.45. The Morgan fingerprint density at radius 1 is 1.31 bits per heavy atom. The Kier molecular flexibility index (Phi) is 1.58. The summed E-state index contributed by atoms with van der Waals surface area (Å²) in [6.07, 6.45) is 3.75. The summed E-state index contributed by atoms with van der Waals surface area (Å²) >= 11 is 0. The molecular weight excluding hydrogens is 192 g/mol. The highest BCUT2D eigenvalue weighted by Gasteiger charge is 2.23. The van der Waals surface area contributed by atoms with Gasteiger partial charge in [-0.2, -0.15) is 8.42 Å². The van der Waals surface area contributed by atoms with Crippen molar-refractivity contribution in [2.24, 2.45) is 5.14 Å². The number of carbonyl (C=O) groups is 1. The summed E-state index contributed by atoms with van der Waals surface area (Å²) in [5.74, 6) is -0.0163. The van der Waals surface area contributed by atoms with Crippen molar-refractivity contribution in [3.8, 4) is 0 Å². The largest absolute Gasteiger partial charge is 0.302 e. The molecule has 2 N–H and O–H groups in total. The number of aryl methyl sites for hydroxylation is 1. The third-order valence-electron chi connectivity index (χ3n) is 2.10. The molecule has 0 fully saturated rings. The molecule has 0 amide bonds. The molecule has 70 valence electrons. The molecule has 13 heavy (non-hydrogen) atoms. The molecule has 5 nitrogen and oxygen atoms in total. The predicted octanol–water partition coefficient (Wildman–Crippen LogP) is -0.331. The molecular formula is C7H8N2O3S. The van der Waals surface area contributed by atoms with E-state index in [2.05, 4.69) is 0 Å². The maximum absolute atomic E-state index is 11.2. The zero-order chi connectivity index (χ0) is 9.64. The quantitative estimate of drug-likeness (QED) is 0.673. The van der Waals surface area contributed by atoms with Gasteiger partial charge in [0, 0.05) is 24.4 Å². The summed E-state index contributed by atoms with van der Waals surface area (Å²) in [4.78, 5) is 11.2. The molecule has 0 saturated carbocycles. The van der Waals surface area contributed by atoms with Gasteiger partial charge in [0.05, 0.1) is 0 Å². The zero-order valence-electron chi connectivity index (χ0n) is 6.73. The van der Waals surface area contributed by atoms with Crippen LogP contribution >= 0.6 is 0 Å². The van der Waals surface area contributed by atoms with Gasteiger partial charge in [0.15, 0.2) is 5.78 Å². The number of ketones is 1. The minimum atomic E-state index is -3.74. The first-order valence-corrected chi connectivity index (χ1v) is 5.26. The highest BCUT2D eigenvalue weighted by Crippen LogP contribution is 2.22. The van der Waals surface area contributed by atoms with Crippen LogP contribution in [0, 0.1) is 0 Å². The van der Waals surface area contributed by atoms with Gasteiger partial charge >= 0.3 is 10.2 Å². The molecule has 0 aromatic carbocycles. The van der Waals surface area contributed by atoms with Crippen LogP contribution in [-0.4, -0.2) is 18.2 Å². The highest BCUT2D eigenvalue weighted by atomic mass is 32.2. The van der Waals surface area contributed by atoms with E-state index in [0.29, 0.717) is 18.4 Å². The Hall–Kier alpha value is -1.14. The lowest BCUT2D eigenvalue weighted by molar-refractivity contribution is 0.0994. The molecule has 1 aromatic rings. The molecule has 0 atom stereocenters. The number of carbonyl (C=O) groups excluding carboxylic acids is 1. The van der Waals surface area contributed by atoms with E-state index >= 15 is 0 Å². The minimum Gasteiger partial charge on any atom is -0.294 e. The number of nitrogens with zero attached hydrogens (tertiary/aromatic N) is 1. The van der Waals surface area contributed by atoms with Crippen molar-refractivity contribution in [1.82, 2.24) is 3.97 Å². The van der Waals surface area contributed by atoms with Gasteiger partial charge in [-0.05, 0) is 12.0 Å². The lowest BCUT2D eigenvalue weighted by Crippen LogP contribution is -2.20. The van der Waals surface area contributed by atoms with Crippen molar-refractivity contribution in [3.05, 3.63) is 23.5 Å². The standard InChI is InChI=1S/C7H8N2O3S/c8-13(11,12)9-3-5-1-2-7(10)6(5)4-9/h3-4H,1-2H2,(H2,8,11,12). The van der Waals surface area contributed by atoms with Crippen LogP contribution < -0.4 is 5.14 Å². The first kappa shape index (κ1) is 8.46. The highest BCUT2D eigenvalue weighted by molar-refractivity contribution is 7.87. The molecule has 0 spiro atoms. The fourth-order valence-electron chi connectivity index (χ4n) is 1.45. The molecule has 0 unspecified atom stereocenters. The van der Waals surface area contributed by atoms with Gasteiger partial charge in [0.1, 0.15) is 0 Å². The number of Topliss-reactive ketones (excluding diaryl/α,β-unsaturated/α-hetero) is 1. The maximum atomic E-state index is 11.2. The van der Waals surface area contributed by atoms with E-state index in [9.17, 15) is 13.2 Å². The van der Waals surface area contributed by atoms with Crippen LogP contribution in [0.1, 0.15) is 22.3 Å². The van der Waals surface area contributed by atoms with Gasteiger partial charge in [0.2, 0.25) is 0 Å². The maximum Gasteiger partial charge on any atom is 0.302 e. The minimum absolute atomic E-state index is 0.0163. The lowest BCUT2D eigenvalue weighted by Gasteiger charge is -1.96. The first-order valence-electron chi connectivity index (χ1n) is 3.76. The predicted molar refractivity (Wildman–Crippen MR) is 45.6 cm³/mol. The van der Waals surface area contributed by atoms with Crippen LogP contribution in [-0.2, 0) is 16.6 Å². The van der Waals surface area contributed by atoms with E-state index in [0.717, 1.165) is 9.54 Å². The number of hydrogen-bond acceptors (Lipinski definition) is 3. The summed E-state index contributed by atoms with van der Waals surface area (Å²) in [7, 11) is -3.74. The Morgan fingerprint density at radius 2 is 2.00 bits per heavy atom. The monoisotopic (exact) mass is 200 g/mol. The van der Waals surface area contributed by atoms with Crippen LogP contribution in [0.25, 0.3) is 0 Å². The molecule has 2 rings (SSSR count). The second-order valence-electron chi connectivity index (χ2n) is 3.00. The van der Waals surface area contributed by atoms with Gasteiger partial charge in [-0.25, -0.2) is 9.11 Å². The van der Waals surface area contributed by atoms with Crippen molar-refractivity contribution >= 4 is 16.0 Å². The Labute approximate surface area is 75.3 Å². The molecule has 1 aromatic heterocycles. The van der Waals surface area contributed by atoms with E-state index in [-0.39, 0.29) is 5.78 Å². The van der Waals surface area contributed by atoms with Gasteiger partial charge in [-0.15, -0.1) is 0 Å². The van der Waals surface area contributed by atoms with Crippen molar-refractivity contribution in [1.29, 1.82) is 0 Å². The zero-order valence-corrected chi connectivity index (χ0v) is 7.54. The summed E-state index contributed by atoms with van der Waals surface area (Å²) < 4.78 is 22.6. The smallest absolute Gasteiger partial charge is 0.294 e. The molecule has 0 bridgehead atoms. The van der Waals surface area contributed by atoms with Crippen LogP contribution in [0.3, 0.4) is 0 Å². The molecule has 0 saturated heterocycles. The number of nitrogens with two attached hydrogens (primary N) is 1. The Morgan fingerprint density at radius 3 is 2.54 bits per heavy atom. The van der Waals surface area contributed by atoms with Crippen LogP contribution in [0.4, 0.5) is 0 Å². The summed E-state index contributed by atoms with van der Waals surface area (Å²) in [5.41, 5.74) is 1.24. The normalized spacial score (nSPS) is 16.2. The van der Waals surface area contributed by atoms with E-state index in [1.54, 1.807) is 0 Å². The molecule has 1 heterocycles. The topological polar surface area (TPSA) is 82.2 Å². The van der Waals surface area contributed by atoms with E-state index in [1.165, 1.54) is 12.4 Å². The summed E-state index contributed by atoms with van der Waals surface area (Å²) in [6, 6.07) is 0. The van der Waals surface area contributed by atoms with Crippen LogP contribution in [0.15, 0.2) is 12.4 Å². The molecule has 0 aliphatic heterocycles. The Balaban J connectivity index is 2.58. The first-order chi connectivity index (χ1) is 5.98. The summed E-state index contributed by atoms with van der Waals surface area (Å²) in [5, 5.41) is 4.89. The third-order valence-corrected chi connectivity index (χ3v) is 2.90. The lowest BCUT2D eigenvalue weighted by atomic mass is 10.2. The van der Waals surface area contributed by atoms with E-state index < -0.39 is 10.2 Å². The fourth-order valence-corrected chi connectivity index (χ4v) is 1.98. The van der Waals surface area contributed by atoms with Crippen molar-refractivity contribution in [2.75, 3.05) is 0 Å². The van der Waals surface area contributed by atoms with Crippen LogP contribution in [0.2, 0.25) is 0 Å². The van der Waals surface area contributed by atoms with Crippen molar-refractivity contribution < 1.29 is 13.2 Å². The number of hydrogen-bond donors (Lipinski definition) is 1. The molecule has 1 aliphatic rings. The van der Waals surface area contributed by atoms with Crippen molar-refractivity contribution in [3.63, 3.8) is 0 Å². The van der Waals surface area contributed by atoms with Crippen LogP contribution in [0.5, 0.6) is 0 Å². The Bertz CT molecular complexity index is 472. The molecule has 6 heteroatoms. The summed E-state index contributed by atoms with van der Waals surface area (Å²) in [6.45, 7) is 0. The average molecular weight is 200 g/mol. The van der Waals surface area contributed by atoms with Gasteiger partial charge < -0.3 is 0 Å². The number of rotatable bonds is 1. The van der Waals surface area contributed by atoms with Gasteiger partial charge in [0.25, 0.3) is 0 Å². The van der Waals surface area contributed by atoms with E-state index in [4.69, 9.17) is 5.14 Å². The third kappa shape index (κ3) is 1.27. The molecule has 1 aliphatic carbocycles. The molecule has 0 radical (unpaired) electrons. The number of aromatic nitrogens is 1. The van der Waals surface area contributed by atoms with Gasteiger partial charge in [-0.1, -0.05) is 0 Å².